The number of unbranched alkanes of at least 4 members (excludes halogenated alkanes) is 7. The molecule has 0 fully saturated rings. The third-order valence-electron chi connectivity index (χ3n) is 5.65. The predicted octanol–water partition coefficient (Wildman–Crippen LogP) is 4.49. The van der Waals surface area contributed by atoms with Crippen molar-refractivity contribution in [1.82, 2.24) is 0 Å². The van der Waals surface area contributed by atoms with Crippen LogP contribution >= 0.6 is 7.82 Å². The average molecular weight is 605 g/mol. The molecule has 0 aromatic carbocycles. The second-order valence-electron chi connectivity index (χ2n) is 10.1. The minimum Gasteiger partial charge on any atom is -0.465 e. The molecule has 2 N–H and O–H groups in total. The van der Waals surface area contributed by atoms with Gasteiger partial charge in [-0.1, -0.05) is 58.3 Å². The Labute approximate surface area is 242 Å². The van der Waals surface area contributed by atoms with Crippen LogP contribution < -0.4 is 0 Å². The molecule has 0 saturated heterocycles. The summed E-state index contributed by atoms with van der Waals surface area (Å²) in [5.74, 6) is -2.66. The van der Waals surface area contributed by atoms with Crippen molar-refractivity contribution in [2.75, 3.05) is 33.0 Å². The molecule has 0 unspecified atom stereocenters. The van der Waals surface area contributed by atoms with Crippen molar-refractivity contribution in [3.63, 3.8) is 0 Å². The van der Waals surface area contributed by atoms with E-state index in [1.165, 1.54) is 20.8 Å². The highest BCUT2D eigenvalue weighted by Gasteiger charge is 2.38. The van der Waals surface area contributed by atoms with E-state index >= 15 is 0 Å². The molecule has 0 aliphatic carbocycles. The molecule has 234 valence electrons. The van der Waals surface area contributed by atoms with Gasteiger partial charge in [0.15, 0.2) is 0 Å². The molecule has 0 amide bonds. The second kappa shape index (κ2) is 20.1. The van der Waals surface area contributed by atoms with E-state index in [0.717, 1.165) is 38.5 Å². The van der Waals surface area contributed by atoms with Crippen molar-refractivity contribution in [2.45, 2.75) is 78.6 Å². The third-order valence-corrected chi connectivity index (χ3v) is 6.17. The first-order valence-electron chi connectivity index (χ1n) is 13.4. The number of hydrogen-bond donors (Lipinski definition) is 2. The summed E-state index contributed by atoms with van der Waals surface area (Å²) >= 11 is 0. The summed E-state index contributed by atoms with van der Waals surface area (Å²) in [6.45, 7) is 13.5. The average Bonchev–Trinajstić information content (AvgIpc) is 2.89. The standard InChI is InChI=1S/C28H45O12P/c1-21(2)25(30)37-18-28(19-38-26(31)22(3)4,20-39-27(32)23(5)6)17-36-24(29)15-13-11-9-7-8-10-12-14-16-40-41(33,34)35/h1,3,5,7-20H2,2,4,6H3,(H2,33,34,35). The van der Waals surface area contributed by atoms with Crippen molar-refractivity contribution >= 4 is 31.7 Å². The normalized spacial score (nSPS) is 11.3. The van der Waals surface area contributed by atoms with Crippen LogP contribution in [0.3, 0.4) is 0 Å². The highest BCUT2D eigenvalue weighted by atomic mass is 31.2. The molecule has 41 heavy (non-hydrogen) atoms. The lowest BCUT2D eigenvalue weighted by Crippen LogP contribution is -2.44. The summed E-state index contributed by atoms with van der Waals surface area (Å²) < 4.78 is 36.3. The monoisotopic (exact) mass is 604 g/mol. The van der Waals surface area contributed by atoms with E-state index in [-0.39, 0.29) is 56.2 Å². The molecule has 0 aliphatic heterocycles. The molecule has 0 spiro atoms. The summed E-state index contributed by atoms with van der Waals surface area (Å²) in [6.07, 6.45) is 6.62. The lowest BCUT2D eigenvalue weighted by Gasteiger charge is -2.31. The van der Waals surface area contributed by atoms with Gasteiger partial charge in [0.05, 0.1) is 6.61 Å². The smallest absolute Gasteiger partial charge is 0.465 e. The van der Waals surface area contributed by atoms with Crippen molar-refractivity contribution in [1.29, 1.82) is 0 Å². The van der Waals surface area contributed by atoms with Crippen LogP contribution in [0.5, 0.6) is 0 Å². The first-order chi connectivity index (χ1) is 19.1. The number of carbonyl (C=O) groups excluding carboxylic acids is 4. The molecule has 0 atom stereocenters. The Hall–Kier alpha value is -2.79. The van der Waals surface area contributed by atoms with Crippen LogP contribution in [0.2, 0.25) is 0 Å². The van der Waals surface area contributed by atoms with Gasteiger partial charge in [0.25, 0.3) is 0 Å². The first kappa shape index (κ1) is 38.2. The van der Waals surface area contributed by atoms with Crippen LogP contribution in [0.25, 0.3) is 0 Å². The fraction of sp³-hybridized carbons (Fsp3) is 0.643. The van der Waals surface area contributed by atoms with Gasteiger partial charge >= 0.3 is 31.7 Å². The number of carbonyl (C=O) groups is 4. The summed E-state index contributed by atoms with van der Waals surface area (Å²) in [7, 11) is -4.40. The van der Waals surface area contributed by atoms with Gasteiger partial charge in [0.1, 0.15) is 31.8 Å². The molecule has 0 aromatic rings. The molecule has 0 saturated carbocycles. The number of hydrogen-bond acceptors (Lipinski definition) is 10. The van der Waals surface area contributed by atoms with E-state index in [1.54, 1.807) is 0 Å². The SMILES string of the molecule is C=C(C)C(=O)OCC(COC(=O)CCCCCCCCCCOP(=O)(O)O)(COC(=O)C(=C)C)COC(=O)C(=C)C. The van der Waals surface area contributed by atoms with Crippen LogP contribution in [0, 0.1) is 5.41 Å². The lowest BCUT2D eigenvalue weighted by molar-refractivity contribution is -0.167. The van der Waals surface area contributed by atoms with Crippen LogP contribution in [-0.4, -0.2) is 66.7 Å². The topological polar surface area (TPSA) is 172 Å². The summed E-state index contributed by atoms with van der Waals surface area (Å²) in [5.41, 5.74) is -0.999. The van der Waals surface area contributed by atoms with E-state index in [9.17, 15) is 23.7 Å². The third kappa shape index (κ3) is 19.8. The maximum Gasteiger partial charge on any atom is 0.469 e. The van der Waals surface area contributed by atoms with Gasteiger partial charge in [-0.05, 0) is 33.6 Å². The van der Waals surface area contributed by atoms with Crippen molar-refractivity contribution in [3.05, 3.63) is 36.5 Å². The number of rotatable bonds is 23. The summed E-state index contributed by atoms with van der Waals surface area (Å²) in [6, 6.07) is 0. The maximum atomic E-state index is 12.5. The van der Waals surface area contributed by atoms with Crippen LogP contribution in [-0.2, 0) is 47.2 Å². The van der Waals surface area contributed by atoms with Gasteiger partial charge in [0.2, 0.25) is 0 Å². The minimum absolute atomic E-state index is 0.0245. The Morgan fingerprint density at radius 3 is 1.32 bits per heavy atom. The number of esters is 4. The zero-order chi connectivity index (χ0) is 31.5. The minimum atomic E-state index is -4.40. The van der Waals surface area contributed by atoms with Gasteiger partial charge in [-0.3, -0.25) is 9.32 Å². The highest BCUT2D eigenvalue weighted by Crippen LogP contribution is 2.35. The molecule has 0 heterocycles. The quantitative estimate of drug-likeness (QED) is 0.0551. The Morgan fingerprint density at radius 1 is 0.610 bits per heavy atom. The lowest BCUT2D eigenvalue weighted by atomic mass is 9.92. The maximum absolute atomic E-state index is 12.5. The Kier molecular flexibility index (Phi) is 18.8. The molecule has 0 aromatic heterocycles. The number of phosphoric acid groups is 1. The van der Waals surface area contributed by atoms with E-state index in [2.05, 4.69) is 24.3 Å². The number of phosphoric ester groups is 1. The molecule has 12 nitrogen and oxygen atoms in total. The van der Waals surface area contributed by atoms with Crippen LogP contribution in [0.15, 0.2) is 36.5 Å². The Morgan fingerprint density at radius 2 is 0.951 bits per heavy atom. The predicted molar refractivity (Wildman–Crippen MR) is 150 cm³/mol. The van der Waals surface area contributed by atoms with E-state index in [0.29, 0.717) is 12.8 Å². The molecule has 0 aliphatic rings. The first-order valence-corrected chi connectivity index (χ1v) is 15.0. The largest absolute Gasteiger partial charge is 0.469 e. The van der Waals surface area contributed by atoms with Crippen LogP contribution in [0.1, 0.15) is 78.6 Å². The van der Waals surface area contributed by atoms with Gasteiger partial charge in [0, 0.05) is 23.1 Å². The molecule has 0 bridgehead atoms. The number of ether oxygens (including phenoxy) is 4. The summed E-state index contributed by atoms with van der Waals surface area (Å²) in [5, 5.41) is 0. The molecular weight excluding hydrogens is 559 g/mol. The molecule has 0 radical (unpaired) electrons. The molecule has 13 heteroatoms. The van der Waals surface area contributed by atoms with E-state index < -0.39 is 37.1 Å². The van der Waals surface area contributed by atoms with E-state index in [4.69, 9.17) is 28.7 Å². The second-order valence-corrected chi connectivity index (χ2v) is 11.4. The Bertz CT molecular complexity index is 891. The van der Waals surface area contributed by atoms with Gasteiger partial charge in [-0.25, -0.2) is 18.9 Å². The Balaban J connectivity index is 4.87. The van der Waals surface area contributed by atoms with Gasteiger partial charge < -0.3 is 28.7 Å². The highest BCUT2D eigenvalue weighted by molar-refractivity contribution is 7.46. The van der Waals surface area contributed by atoms with Crippen molar-refractivity contribution < 1.29 is 57.0 Å². The van der Waals surface area contributed by atoms with Crippen molar-refractivity contribution in [2.24, 2.45) is 5.41 Å². The van der Waals surface area contributed by atoms with Gasteiger partial charge in [-0.2, -0.15) is 0 Å². The summed E-state index contributed by atoms with van der Waals surface area (Å²) in [4.78, 5) is 65.9. The zero-order valence-electron chi connectivity index (χ0n) is 24.4. The van der Waals surface area contributed by atoms with E-state index in [1.807, 2.05) is 0 Å². The van der Waals surface area contributed by atoms with Gasteiger partial charge in [-0.15, -0.1) is 0 Å². The zero-order valence-corrected chi connectivity index (χ0v) is 25.3. The van der Waals surface area contributed by atoms with Crippen LogP contribution in [0.4, 0.5) is 0 Å². The van der Waals surface area contributed by atoms with Crippen molar-refractivity contribution in [3.8, 4) is 0 Å². The fourth-order valence-corrected chi connectivity index (χ4v) is 3.56. The molecule has 0 rings (SSSR count). The fourth-order valence-electron chi connectivity index (χ4n) is 3.20. The molecular formula is C28H45O12P.